The number of ether oxygens (including phenoxy) is 2. The van der Waals surface area contributed by atoms with Gasteiger partial charge in [0.05, 0.1) is 26.2 Å². The first-order chi connectivity index (χ1) is 9.24. The van der Waals surface area contributed by atoms with Crippen LogP contribution in [0.25, 0.3) is 0 Å². The van der Waals surface area contributed by atoms with E-state index in [0.29, 0.717) is 26.1 Å². The van der Waals surface area contributed by atoms with Gasteiger partial charge in [-0.2, -0.15) is 0 Å². The number of nitrogens with zero attached hydrogens (tertiary/aromatic N) is 1. The van der Waals surface area contributed by atoms with Crippen LogP contribution in [0.15, 0.2) is 24.3 Å². The van der Waals surface area contributed by atoms with Crippen LogP contribution in [-0.4, -0.2) is 49.0 Å². The lowest BCUT2D eigenvalue weighted by Crippen LogP contribution is -2.46. The maximum atomic E-state index is 12.3. The Hall–Kier alpha value is -1.07. The third-order valence-electron chi connectivity index (χ3n) is 3.20. The monoisotopic (exact) mass is 327 g/mol. The molecule has 4 nitrogen and oxygen atoms in total. The van der Waals surface area contributed by atoms with Gasteiger partial charge in [0.2, 0.25) is 5.91 Å². The van der Waals surface area contributed by atoms with E-state index in [9.17, 15) is 4.79 Å². The number of benzene rings is 1. The topological polar surface area (TPSA) is 38.8 Å². The average Bonchev–Trinajstić information content (AvgIpc) is 2.47. The molecule has 0 spiro atoms. The smallest absolute Gasteiger partial charge is 0.227 e. The van der Waals surface area contributed by atoms with E-state index in [1.165, 1.54) is 0 Å². The lowest BCUT2D eigenvalue weighted by atomic mass is 10.1. The summed E-state index contributed by atoms with van der Waals surface area (Å²) in [5.41, 5.74) is 0.928. The van der Waals surface area contributed by atoms with Crippen LogP contribution in [0.3, 0.4) is 0 Å². The van der Waals surface area contributed by atoms with E-state index in [-0.39, 0.29) is 12.0 Å². The van der Waals surface area contributed by atoms with Gasteiger partial charge in [0.25, 0.3) is 0 Å². The summed E-state index contributed by atoms with van der Waals surface area (Å²) in [6, 6.07) is 7.64. The van der Waals surface area contributed by atoms with Gasteiger partial charge in [0.15, 0.2) is 0 Å². The van der Waals surface area contributed by atoms with Crippen LogP contribution in [0.2, 0.25) is 0 Å². The second-order valence-electron chi connectivity index (χ2n) is 4.48. The molecular weight excluding hydrogens is 310 g/mol. The number of methoxy groups -OCH3 is 1. The van der Waals surface area contributed by atoms with Crippen molar-refractivity contribution < 1.29 is 14.3 Å². The van der Waals surface area contributed by atoms with E-state index in [0.717, 1.165) is 16.6 Å². The Balaban J connectivity index is 2.00. The van der Waals surface area contributed by atoms with E-state index < -0.39 is 0 Å². The molecule has 0 aromatic heterocycles. The molecule has 104 valence electrons. The van der Waals surface area contributed by atoms with Crippen LogP contribution < -0.4 is 4.74 Å². The normalized spacial score (nSPS) is 19.3. The molecular formula is C14H18BrNO3. The van der Waals surface area contributed by atoms with Gasteiger partial charge in [-0.1, -0.05) is 34.1 Å². The van der Waals surface area contributed by atoms with Crippen LogP contribution >= 0.6 is 15.9 Å². The van der Waals surface area contributed by atoms with E-state index in [2.05, 4.69) is 15.9 Å². The molecule has 1 unspecified atom stereocenters. The number of morpholine rings is 1. The second-order valence-corrected chi connectivity index (χ2v) is 5.12. The summed E-state index contributed by atoms with van der Waals surface area (Å²) in [5.74, 6) is 0.889. The molecule has 0 aliphatic carbocycles. The predicted octanol–water partition coefficient (Wildman–Crippen LogP) is 1.86. The molecule has 2 rings (SSSR count). The summed E-state index contributed by atoms with van der Waals surface area (Å²) >= 11 is 3.39. The molecule has 0 N–H and O–H groups in total. The van der Waals surface area contributed by atoms with Gasteiger partial charge < -0.3 is 14.4 Å². The molecule has 1 saturated heterocycles. The number of rotatable bonds is 4. The maximum absolute atomic E-state index is 12.3. The van der Waals surface area contributed by atoms with Gasteiger partial charge in [-0.05, 0) is 6.07 Å². The van der Waals surface area contributed by atoms with Crippen molar-refractivity contribution in [3.05, 3.63) is 29.8 Å². The van der Waals surface area contributed by atoms with Gasteiger partial charge >= 0.3 is 0 Å². The zero-order valence-electron chi connectivity index (χ0n) is 11.0. The first-order valence-electron chi connectivity index (χ1n) is 6.32. The van der Waals surface area contributed by atoms with Crippen molar-refractivity contribution in [2.45, 2.75) is 12.5 Å². The number of carbonyl (C=O) groups is 1. The summed E-state index contributed by atoms with van der Waals surface area (Å²) in [7, 11) is 1.62. The predicted molar refractivity (Wildman–Crippen MR) is 76.8 cm³/mol. The largest absolute Gasteiger partial charge is 0.496 e. The molecule has 1 aromatic rings. The first-order valence-corrected chi connectivity index (χ1v) is 7.44. The highest BCUT2D eigenvalue weighted by Crippen LogP contribution is 2.19. The molecule has 1 aliphatic heterocycles. The van der Waals surface area contributed by atoms with Gasteiger partial charge in [-0.25, -0.2) is 0 Å². The Labute approximate surface area is 121 Å². The van der Waals surface area contributed by atoms with E-state index >= 15 is 0 Å². The van der Waals surface area contributed by atoms with Crippen molar-refractivity contribution in [1.29, 1.82) is 0 Å². The molecule has 1 aliphatic rings. The summed E-state index contributed by atoms with van der Waals surface area (Å²) in [6.07, 6.45) is 0.467. The number of amides is 1. The first kappa shape index (κ1) is 14.3. The van der Waals surface area contributed by atoms with Crippen LogP contribution in [0, 0.1) is 0 Å². The Kier molecular flexibility index (Phi) is 5.22. The summed E-state index contributed by atoms with van der Waals surface area (Å²) < 4.78 is 10.8. The average molecular weight is 328 g/mol. The zero-order chi connectivity index (χ0) is 13.7. The fourth-order valence-corrected chi connectivity index (χ4v) is 2.55. The van der Waals surface area contributed by atoms with Gasteiger partial charge in [0.1, 0.15) is 5.75 Å². The van der Waals surface area contributed by atoms with Crippen molar-refractivity contribution in [3.63, 3.8) is 0 Å². The van der Waals surface area contributed by atoms with E-state index in [1.54, 1.807) is 7.11 Å². The molecule has 5 heteroatoms. The standard InChI is InChI=1S/C14H18BrNO3/c1-18-13-5-3-2-4-11(13)8-14(17)16-6-7-19-12(9-15)10-16/h2-5,12H,6-10H2,1H3. The quantitative estimate of drug-likeness (QED) is 0.792. The fraction of sp³-hybridized carbons (Fsp3) is 0.500. The Morgan fingerprint density at radius 1 is 1.53 bits per heavy atom. The molecule has 1 fully saturated rings. The zero-order valence-corrected chi connectivity index (χ0v) is 12.6. The van der Waals surface area contributed by atoms with E-state index in [1.807, 2.05) is 29.2 Å². The minimum Gasteiger partial charge on any atom is -0.496 e. The van der Waals surface area contributed by atoms with Crippen LogP contribution in [-0.2, 0) is 16.0 Å². The van der Waals surface area contributed by atoms with Crippen molar-refractivity contribution in [2.24, 2.45) is 0 Å². The van der Waals surface area contributed by atoms with Crippen molar-refractivity contribution in [2.75, 3.05) is 32.1 Å². The number of halogens is 1. The molecule has 19 heavy (non-hydrogen) atoms. The third kappa shape index (κ3) is 3.70. The van der Waals surface area contributed by atoms with Crippen molar-refractivity contribution in [3.8, 4) is 5.75 Å². The molecule has 0 bridgehead atoms. The molecule has 1 atom stereocenters. The highest BCUT2D eigenvalue weighted by Gasteiger charge is 2.23. The molecule has 0 saturated carbocycles. The highest BCUT2D eigenvalue weighted by atomic mass is 79.9. The number of hydrogen-bond donors (Lipinski definition) is 0. The van der Waals surface area contributed by atoms with E-state index in [4.69, 9.17) is 9.47 Å². The Bertz CT molecular complexity index is 438. The third-order valence-corrected chi connectivity index (χ3v) is 3.92. The lowest BCUT2D eigenvalue weighted by Gasteiger charge is -2.32. The second kappa shape index (κ2) is 6.91. The highest BCUT2D eigenvalue weighted by molar-refractivity contribution is 9.09. The van der Waals surface area contributed by atoms with Gasteiger partial charge in [0, 0.05) is 24.0 Å². The Morgan fingerprint density at radius 3 is 3.05 bits per heavy atom. The maximum Gasteiger partial charge on any atom is 0.227 e. The van der Waals surface area contributed by atoms with Gasteiger partial charge in [-0.15, -0.1) is 0 Å². The molecule has 1 amide bonds. The number of hydrogen-bond acceptors (Lipinski definition) is 3. The lowest BCUT2D eigenvalue weighted by molar-refractivity contribution is -0.137. The van der Waals surface area contributed by atoms with Crippen LogP contribution in [0.5, 0.6) is 5.75 Å². The number of para-hydroxylation sites is 1. The minimum atomic E-state index is 0.0929. The number of carbonyl (C=O) groups excluding carboxylic acids is 1. The van der Waals surface area contributed by atoms with Gasteiger partial charge in [-0.3, -0.25) is 4.79 Å². The summed E-state index contributed by atoms with van der Waals surface area (Å²) in [4.78, 5) is 14.2. The van der Waals surface area contributed by atoms with Crippen LogP contribution in [0.4, 0.5) is 0 Å². The SMILES string of the molecule is COc1ccccc1CC(=O)N1CCOC(CBr)C1. The Morgan fingerprint density at radius 2 is 2.32 bits per heavy atom. The fourth-order valence-electron chi connectivity index (χ4n) is 2.16. The molecule has 1 aromatic carbocycles. The van der Waals surface area contributed by atoms with Crippen LogP contribution in [0.1, 0.15) is 5.56 Å². The minimum absolute atomic E-state index is 0.0929. The summed E-state index contributed by atoms with van der Waals surface area (Å²) in [6.45, 7) is 1.92. The summed E-state index contributed by atoms with van der Waals surface area (Å²) in [5, 5.41) is 0.755. The molecule has 0 radical (unpaired) electrons. The number of alkyl halides is 1. The molecule has 1 heterocycles. The van der Waals surface area contributed by atoms with Crippen molar-refractivity contribution in [1.82, 2.24) is 4.90 Å². The van der Waals surface area contributed by atoms with Crippen molar-refractivity contribution >= 4 is 21.8 Å².